The number of rotatable bonds is 8. The number of benzene rings is 1. The van der Waals surface area contributed by atoms with Crippen molar-refractivity contribution in [3.05, 3.63) is 88.1 Å². The molecule has 0 aliphatic heterocycles. The summed E-state index contributed by atoms with van der Waals surface area (Å²) in [6, 6.07) is 15.5. The van der Waals surface area contributed by atoms with E-state index in [1.54, 1.807) is 6.07 Å². The molecule has 2 N–H and O–H groups in total. The third-order valence-electron chi connectivity index (χ3n) is 6.06. The van der Waals surface area contributed by atoms with Crippen molar-refractivity contribution in [2.75, 3.05) is 18.4 Å². The molecule has 0 bridgehead atoms. The molecule has 0 fully saturated rings. The minimum absolute atomic E-state index is 0.0167. The summed E-state index contributed by atoms with van der Waals surface area (Å²) < 4.78 is 0. The van der Waals surface area contributed by atoms with Gasteiger partial charge in [-0.15, -0.1) is 0 Å². The molecule has 3 aromatic heterocycles. The third-order valence-corrected chi connectivity index (χ3v) is 6.06. The van der Waals surface area contributed by atoms with Crippen molar-refractivity contribution in [1.82, 2.24) is 24.8 Å². The summed E-state index contributed by atoms with van der Waals surface area (Å²) in [5.74, 6) is 1.54. The number of aryl methyl sites for hydroxylation is 1. The van der Waals surface area contributed by atoms with Crippen molar-refractivity contribution in [3.63, 3.8) is 0 Å². The highest BCUT2D eigenvalue weighted by Crippen LogP contribution is 2.33. The van der Waals surface area contributed by atoms with Crippen LogP contribution in [0.25, 0.3) is 11.0 Å². The van der Waals surface area contributed by atoms with Gasteiger partial charge >= 0.3 is 0 Å². The Hall–Kier alpha value is -3.85. The van der Waals surface area contributed by atoms with Crippen LogP contribution in [0.1, 0.15) is 36.0 Å². The Morgan fingerprint density at radius 3 is 2.88 bits per heavy atom. The molecule has 0 spiro atoms. The molecular weight excluding hydrogens is 418 g/mol. The number of nitro groups is 1. The Bertz CT molecular complexity index is 1220. The molecular formula is C24H25N7O2. The van der Waals surface area contributed by atoms with Crippen LogP contribution >= 0.6 is 0 Å². The van der Waals surface area contributed by atoms with Gasteiger partial charge in [-0.1, -0.05) is 18.2 Å². The van der Waals surface area contributed by atoms with Crippen molar-refractivity contribution in [1.29, 1.82) is 0 Å². The highest BCUT2D eigenvalue weighted by atomic mass is 16.6. The van der Waals surface area contributed by atoms with E-state index in [4.69, 9.17) is 9.97 Å². The van der Waals surface area contributed by atoms with E-state index in [9.17, 15) is 10.1 Å². The number of anilines is 1. The molecule has 4 aromatic rings. The maximum Gasteiger partial charge on any atom is 0.287 e. The molecule has 1 aliphatic carbocycles. The first kappa shape index (κ1) is 21.0. The van der Waals surface area contributed by atoms with Crippen LogP contribution in [0, 0.1) is 10.1 Å². The van der Waals surface area contributed by atoms with Crippen LogP contribution in [-0.4, -0.2) is 42.8 Å². The van der Waals surface area contributed by atoms with Crippen LogP contribution in [0.3, 0.4) is 0 Å². The molecule has 0 radical (unpaired) electrons. The van der Waals surface area contributed by atoms with E-state index in [2.05, 4.69) is 26.3 Å². The van der Waals surface area contributed by atoms with Crippen molar-refractivity contribution in [2.45, 2.75) is 31.8 Å². The maximum atomic E-state index is 10.9. The van der Waals surface area contributed by atoms with Gasteiger partial charge in [0.25, 0.3) is 5.69 Å². The van der Waals surface area contributed by atoms with Gasteiger partial charge in [0.15, 0.2) is 0 Å². The fourth-order valence-electron chi connectivity index (χ4n) is 4.48. The largest absolute Gasteiger partial charge is 0.369 e. The Morgan fingerprint density at radius 2 is 2.06 bits per heavy atom. The number of para-hydroxylation sites is 2. The average molecular weight is 444 g/mol. The predicted molar refractivity (Wildman–Crippen MR) is 126 cm³/mol. The molecule has 1 aliphatic rings. The number of fused-ring (bicyclic) bond motifs is 2. The Labute approximate surface area is 191 Å². The second-order valence-electron chi connectivity index (χ2n) is 8.21. The van der Waals surface area contributed by atoms with E-state index in [0.29, 0.717) is 18.9 Å². The number of nitrogens with one attached hydrogen (secondary N) is 2. The smallest absolute Gasteiger partial charge is 0.287 e. The van der Waals surface area contributed by atoms with E-state index in [1.807, 2.05) is 36.5 Å². The molecule has 5 rings (SSSR count). The zero-order chi connectivity index (χ0) is 22.6. The number of aromatic nitrogens is 4. The molecule has 0 saturated heterocycles. The topological polar surface area (TPSA) is 113 Å². The molecule has 9 heteroatoms. The summed E-state index contributed by atoms with van der Waals surface area (Å²) in [5.41, 5.74) is 4.43. The van der Waals surface area contributed by atoms with Crippen molar-refractivity contribution < 1.29 is 4.92 Å². The molecule has 1 unspecified atom stereocenters. The lowest BCUT2D eigenvalue weighted by atomic mass is 9.91. The number of aromatic amines is 1. The van der Waals surface area contributed by atoms with Crippen LogP contribution in [0.5, 0.6) is 0 Å². The van der Waals surface area contributed by atoms with Gasteiger partial charge in [-0.3, -0.25) is 20.0 Å². The van der Waals surface area contributed by atoms with E-state index in [-0.39, 0.29) is 11.7 Å². The quantitative estimate of drug-likeness (QED) is 0.309. The molecule has 168 valence electrons. The van der Waals surface area contributed by atoms with Crippen LogP contribution in [0.2, 0.25) is 0 Å². The van der Waals surface area contributed by atoms with E-state index < -0.39 is 4.92 Å². The zero-order valence-electron chi connectivity index (χ0n) is 18.1. The first-order chi connectivity index (χ1) is 16.2. The zero-order valence-corrected chi connectivity index (χ0v) is 18.1. The van der Waals surface area contributed by atoms with E-state index in [1.165, 1.54) is 17.8 Å². The number of H-pyrrole nitrogens is 1. The lowest BCUT2D eigenvalue weighted by Crippen LogP contribution is -2.35. The summed E-state index contributed by atoms with van der Waals surface area (Å²) in [6.07, 6.45) is 6.37. The molecule has 1 aromatic carbocycles. The molecule has 3 heterocycles. The fraction of sp³-hybridized carbons (Fsp3) is 0.292. The van der Waals surface area contributed by atoms with Crippen LogP contribution < -0.4 is 5.32 Å². The van der Waals surface area contributed by atoms with E-state index in [0.717, 1.165) is 48.4 Å². The lowest BCUT2D eigenvalue weighted by Gasteiger charge is -2.34. The lowest BCUT2D eigenvalue weighted by molar-refractivity contribution is -0.385. The summed E-state index contributed by atoms with van der Waals surface area (Å²) in [5, 5.41) is 14.1. The number of nitrogens with zero attached hydrogens (tertiary/aromatic N) is 5. The Morgan fingerprint density at radius 1 is 1.15 bits per heavy atom. The molecule has 9 nitrogen and oxygen atoms in total. The van der Waals surface area contributed by atoms with Gasteiger partial charge in [-0.2, -0.15) is 0 Å². The highest BCUT2D eigenvalue weighted by Gasteiger charge is 2.27. The minimum Gasteiger partial charge on any atom is -0.369 e. The highest BCUT2D eigenvalue weighted by molar-refractivity contribution is 5.74. The normalized spacial score (nSPS) is 15.5. The van der Waals surface area contributed by atoms with Crippen LogP contribution in [0.15, 0.2) is 60.9 Å². The second-order valence-corrected chi connectivity index (χ2v) is 8.21. The molecule has 0 saturated carbocycles. The van der Waals surface area contributed by atoms with Gasteiger partial charge in [-0.05, 0) is 49.1 Å². The second kappa shape index (κ2) is 9.33. The van der Waals surface area contributed by atoms with Gasteiger partial charge in [-0.25, -0.2) is 9.97 Å². The standard InChI is InChI=1S/C24H25N7O2/c32-31(33)18-10-11-22(27-15-18)25-13-14-30(16-23-28-19-7-1-2-8-20(19)29-23)21-9-3-5-17-6-4-12-26-24(17)21/h1-2,4,6-8,10-12,15,21H,3,5,9,13-14,16H2,(H,25,27)(H,28,29). The summed E-state index contributed by atoms with van der Waals surface area (Å²) in [7, 11) is 0. The number of hydrogen-bond donors (Lipinski definition) is 2. The summed E-state index contributed by atoms with van der Waals surface area (Å²) in [6.45, 7) is 2.06. The SMILES string of the molecule is O=[N+]([O-])c1ccc(NCCN(Cc2nc3ccccc3[nH]2)C2CCCc3cccnc32)nc1. The van der Waals surface area contributed by atoms with Crippen LogP contribution in [0.4, 0.5) is 11.5 Å². The number of pyridine rings is 2. The first-order valence-electron chi connectivity index (χ1n) is 11.1. The van der Waals surface area contributed by atoms with Gasteiger partial charge in [0, 0.05) is 25.4 Å². The van der Waals surface area contributed by atoms with Gasteiger partial charge in [0.1, 0.15) is 17.8 Å². The third kappa shape index (κ3) is 4.68. The predicted octanol–water partition coefficient (Wildman–Crippen LogP) is 4.25. The monoisotopic (exact) mass is 443 g/mol. The number of imidazole rings is 1. The minimum atomic E-state index is -0.445. The first-order valence-corrected chi connectivity index (χ1v) is 11.1. The molecule has 1 atom stereocenters. The molecule has 33 heavy (non-hydrogen) atoms. The van der Waals surface area contributed by atoms with Crippen molar-refractivity contribution in [3.8, 4) is 0 Å². The van der Waals surface area contributed by atoms with Crippen molar-refractivity contribution >= 4 is 22.5 Å². The Balaban J connectivity index is 1.35. The maximum absolute atomic E-state index is 10.9. The number of hydrogen-bond acceptors (Lipinski definition) is 7. The Kier molecular flexibility index (Phi) is 5.95. The molecule has 0 amide bonds. The fourth-order valence-corrected chi connectivity index (χ4v) is 4.48. The average Bonchev–Trinajstić information content (AvgIpc) is 3.26. The van der Waals surface area contributed by atoms with Gasteiger partial charge < -0.3 is 10.3 Å². The van der Waals surface area contributed by atoms with Crippen LogP contribution in [-0.2, 0) is 13.0 Å². The van der Waals surface area contributed by atoms with E-state index >= 15 is 0 Å². The summed E-state index contributed by atoms with van der Waals surface area (Å²) in [4.78, 5) is 29.9. The van der Waals surface area contributed by atoms with Crippen molar-refractivity contribution in [2.24, 2.45) is 0 Å². The van der Waals surface area contributed by atoms with Gasteiger partial charge in [0.2, 0.25) is 0 Å². The van der Waals surface area contributed by atoms with Gasteiger partial charge in [0.05, 0.1) is 34.2 Å². The summed E-state index contributed by atoms with van der Waals surface area (Å²) >= 11 is 0.